The van der Waals surface area contributed by atoms with Gasteiger partial charge in [-0.1, -0.05) is 17.7 Å². The summed E-state index contributed by atoms with van der Waals surface area (Å²) in [6.07, 6.45) is 2.96. The molecule has 0 bridgehead atoms. The Morgan fingerprint density at radius 2 is 2.14 bits per heavy atom. The zero-order valence-electron chi connectivity index (χ0n) is 14.9. The standard InChI is InChI=1S/C19H17ClF2N4O2/c1-26-18(13(20)7-24-26)11-5-17(28-9-11)19(27)25-16-8-23-6-12(16)10-2-3-14(21)15(22)4-10/h2-5,7,9,12,16,23H,6,8H2,1H3,(H,25,27). The Kier molecular flexibility index (Phi) is 4.91. The first kappa shape index (κ1) is 18.6. The quantitative estimate of drug-likeness (QED) is 0.698. The molecule has 0 radical (unpaired) electrons. The number of nitrogens with one attached hydrogen (secondary N) is 2. The summed E-state index contributed by atoms with van der Waals surface area (Å²) in [5.41, 5.74) is 1.90. The summed E-state index contributed by atoms with van der Waals surface area (Å²) in [4.78, 5) is 12.6. The molecule has 3 aromatic rings. The van der Waals surface area contributed by atoms with Crippen LogP contribution in [0, 0.1) is 11.6 Å². The van der Waals surface area contributed by atoms with Crippen LogP contribution >= 0.6 is 11.6 Å². The highest BCUT2D eigenvalue weighted by Crippen LogP contribution is 2.29. The van der Waals surface area contributed by atoms with Crippen LogP contribution in [0.4, 0.5) is 8.78 Å². The minimum Gasteiger partial charge on any atom is -0.458 e. The Labute approximate surface area is 164 Å². The number of furan rings is 1. The van der Waals surface area contributed by atoms with Gasteiger partial charge in [0, 0.05) is 37.7 Å². The van der Waals surface area contributed by atoms with Gasteiger partial charge < -0.3 is 15.1 Å². The minimum atomic E-state index is -0.904. The molecule has 6 nitrogen and oxygen atoms in total. The van der Waals surface area contributed by atoms with Crippen molar-refractivity contribution in [3.8, 4) is 11.3 Å². The maximum absolute atomic E-state index is 13.6. The Morgan fingerprint density at radius 1 is 1.32 bits per heavy atom. The average Bonchev–Trinajstić information content (AvgIpc) is 3.38. The third kappa shape index (κ3) is 3.41. The van der Waals surface area contributed by atoms with Crippen molar-refractivity contribution in [1.29, 1.82) is 0 Å². The first-order valence-electron chi connectivity index (χ1n) is 8.67. The number of hydrogen-bond donors (Lipinski definition) is 2. The van der Waals surface area contributed by atoms with Crippen molar-refractivity contribution in [3.05, 3.63) is 64.7 Å². The number of carbonyl (C=O) groups excluding carboxylic acids is 1. The third-order valence-electron chi connectivity index (χ3n) is 4.89. The van der Waals surface area contributed by atoms with Gasteiger partial charge in [-0.25, -0.2) is 8.78 Å². The lowest BCUT2D eigenvalue weighted by Gasteiger charge is -2.20. The number of nitrogens with zero attached hydrogens (tertiary/aromatic N) is 2. The molecule has 28 heavy (non-hydrogen) atoms. The number of carbonyl (C=O) groups is 1. The van der Waals surface area contributed by atoms with Gasteiger partial charge in [0.2, 0.25) is 0 Å². The Hall–Kier alpha value is -2.71. The molecule has 0 saturated carbocycles. The van der Waals surface area contributed by atoms with Crippen LogP contribution in [0.2, 0.25) is 5.02 Å². The van der Waals surface area contributed by atoms with Crippen LogP contribution in [0.3, 0.4) is 0 Å². The summed E-state index contributed by atoms with van der Waals surface area (Å²) in [6, 6.07) is 5.10. The Morgan fingerprint density at radius 3 is 2.86 bits per heavy atom. The second-order valence-corrected chi connectivity index (χ2v) is 7.09. The monoisotopic (exact) mass is 406 g/mol. The van der Waals surface area contributed by atoms with Gasteiger partial charge in [0.1, 0.15) is 6.26 Å². The molecule has 1 amide bonds. The zero-order chi connectivity index (χ0) is 19.8. The largest absolute Gasteiger partial charge is 0.458 e. The summed E-state index contributed by atoms with van der Waals surface area (Å²) < 4.78 is 33.8. The van der Waals surface area contributed by atoms with Crippen molar-refractivity contribution in [2.45, 2.75) is 12.0 Å². The molecule has 2 aromatic heterocycles. The van der Waals surface area contributed by atoms with E-state index in [1.54, 1.807) is 17.8 Å². The van der Waals surface area contributed by atoms with Gasteiger partial charge >= 0.3 is 0 Å². The summed E-state index contributed by atoms with van der Waals surface area (Å²) in [5.74, 6) is -2.25. The number of hydrogen-bond acceptors (Lipinski definition) is 4. The van der Waals surface area contributed by atoms with E-state index in [0.717, 1.165) is 6.07 Å². The van der Waals surface area contributed by atoms with E-state index in [4.69, 9.17) is 16.0 Å². The smallest absolute Gasteiger partial charge is 0.287 e. The highest BCUT2D eigenvalue weighted by Gasteiger charge is 2.31. The number of aryl methyl sites for hydroxylation is 1. The van der Waals surface area contributed by atoms with Crippen LogP contribution in [-0.4, -0.2) is 34.8 Å². The topological polar surface area (TPSA) is 72.1 Å². The maximum atomic E-state index is 13.6. The van der Waals surface area contributed by atoms with Crippen molar-refractivity contribution < 1.29 is 18.0 Å². The summed E-state index contributed by atoms with van der Waals surface area (Å²) in [7, 11) is 1.74. The van der Waals surface area contributed by atoms with Crippen molar-refractivity contribution in [2.24, 2.45) is 7.05 Å². The van der Waals surface area contributed by atoms with E-state index in [2.05, 4.69) is 15.7 Å². The average molecular weight is 407 g/mol. The van der Waals surface area contributed by atoms with Gasteiger partial charge in [-0.2, -0.15) is 5.10 Å². The van der Waals surface area contributed by atoms with Crippen LogP contribution in [0.5, 0.6) is 0 Å². The lowest BCUT2D eigenvalue weighted by Crippen LogP contribution is -2.39. The molecular formula is C19H17ClF2N4O2. The van der Waals surface area contributed by atoms with Crippen LogP contribution in [0.15, 0.2) is 41.1 Å². The molecule has 9 heteroatoms. The third-order valence-corrected chi connectivity index (χ3v) is 5.17. The maximum Gasteiger partial charge on any atom is 0.287 e. The molecule has 0 spiro atoms. The molecule has 1 aliphatic rings. The van der Waals surface area contributed by atoms with Gasteiger partial charge in [0.05, 0.1) is 16.9 Å². The van der Waals surface area contributed by atoms with Crippen molar-refractivity contribution in [2.75, 3.05) is 13.1 Å². The molecule has 1 fully saturated rings. The number of benzene rings is 1. The molecule has 2 N–H and O–H groups in total. The molecular weight excluding hydrogens is 390 g/mol. The molecule has 2 unspecified atom stereocenters. The Bertz CT molecular complexity index is 1010. The van der Waals surface area contributed by atoms with Gasteiger partial charge in [0.25, 0.3) is 5.91 Å². The van der Waals surface area contributed by atoms with Gasteiger partial charge in [-0.05, 0) is 23.8 Å². The van der Waals surface area contributed by atoms with Crippen LogP contribution < -0.4 is 10.6 Å². The minimum absolute atomic E-state index is 0.128. The fourth-order valence-corrected chi connectivity index (χ4v) is 3.75. The molecule has 4 rings (SSSR count). The van der Waals surface area contributed by atoms with Crippen LogP contribution in [0.1, 0.15) is 22.0 Å². The predicted molar refractivity (Wildman–Crippen MR) is 99.1 cm³/mol. The van der Waals surface area contributed by atoms with E-state index >= 15 is 0 Å². The molecule has 1 aliphatic heterocycles. The van der Waals surface area contributed by atoms with E-state index in [9.17, 15) is 13.6 Å². The fourth-order valence-electron chi connectivity index (χ4n) is 3.48. The Balaban J connectivity index is 1.51. The number of aromatic nitrogens is 2. The highest BCUT2D eigenvalue weighted by molar-refractivity contribution is 6.33. The first-order valence-corrected chi connectivity index (χ1v) is 9.04. The molecule has 1 aromatic carbocycles. The van der Waals surface area contributed by atoms with Crippen molar-refractivity contribution in [1.82, 2.24) is 20.4 Å². The molecule has 3 heterocycles. The second kappa shape index (κ2) is 7.37. The highest BCUT2D eigenvalue weighted by atomic mass is 35.5. The van der Waals surface area contributed by atoms with E-state index in [1.165, 1.54) is 24.6 Å². The zero-order valence-corrected chi connectivity index (χ0v) is 15.6. The normalized spacial score (nSPS) is 19.1. The lowest BCUT2D eigenvalue weighted by molar-refractivity contribution is 0.0909. The van der Waals surface area contributed by atoms with Crippen LogP contribution in [-0.2, 0) is 7.05 Å². The van der Waals surface area contributed by atoms with E-state index < -0.39 is 17.5 Å². The second-order valence-electron chi connectivity index (χ2n) is 6.68. The summed E-state index contributed by atoms with van der Waals surface area (Å²) >= 11 is 6.13. The van der Waals surface area contributed by atoms with E-state index in [1.807, 2.05) is 0 Å². The summed E-state index contributed by atoms with van der Waals surface area (Å²) in [5, 5.41) is 10.6. The number of halogens is 3. The SMILES string of the molecule is Cn1ncc(Cl)c1-c1coc(C(=O)NC2CNCC2c2ccc(F)c(F)c2)c1. The van der Waals surface area contributed by atoms with Crippen molar-refractivity contribution >= 4 is 17.5 Å². The molecule has 1 saturated heterocycles. The van der Waals surface area contributed by atoms with Gasteiger partial charge in [0.15, 0.2) is 17.4 Å². The van der Waals surface area contributed by atoms with E-state index in [-0.39, 0.29) is 17.7 Å². The first-order chi connectivity index (χ1) is 13.4. The molecule has 0 aliphatic carbocycles. The number of amides is 1. The van der Waals surface area contributed by atoms with E-state index in [0.29, 0.717) is 34.9 Å². The molecule has 2 atom stereocenters. The van der Waals surface area contributed by atoms with Crippen LogP contribution in [0.25, 0.3) is 11.3 Å². The fraction of sp³-hybridized carbons (Fsp3) is 0.263. The predicted octanol–water partition coefficient (Wildman–Crippen LogP) is 3.10. The summed E-state index contributed by atoms with van der Waals surface area (Å²) in [6.45, 7) is 1.06. The van der Waals surface area contributed by atoms with Gasteiger partial charge in [-0.3, -0.25) is 9.48 Å². The number of rotatable bonds is 4. The van der Waals surface area contributed by atoms with Crippen molar-refractivity contribution in [3.63, 3.8) is 0 Å². The molecule has 146 valence electrons. The van der Waals surface area contributed by atoms with Gasteiger partial charge in [-0.15, -0.1) is 0 Å². The lowest BCUT2D eigenvalue weighted by atomic mass is 9.94.